The van der Waals surface area contributed by atoms with Crippen molar-refractivity contribution in [3.05, 3.63) is 101 Å². The number of carboxylic acids is 1. The van der Waals surface area contributed by atoms with Gasteiger partial charge in [-0.05, 0) is 78.9 Å². The molecule has 0 amide bonds. The van der Waals surface area contributed by atoms with Gasteiger partial charge in [-0.25, -0.2) is 9.48 Å². The summed E-state index contributed by atoms with van der Waals surface area (Å²) in [6.07, 6.45) is -3.20. The Kier molecular flexibility index (Phi) is 8.78. The van der Waals surface area contributed by atoms with Crippen LogP contribution in [0.15, 0.2) is 77.8 Å². The molecule has 0 bridgehead atoms. The van der Waals surface area contributed by atoms with Crippen molar-refractivity contribution in [2.75, 3.05) is 0 Å². The highest BCUT2D eigenvalue weighted by Gasteiger charge is 2.33. The predicted octanol–water partition coefficient (Wildman–Crippen LogP) is 8.33. The predicted molar refractivity (Wildman–Crippen MR) is 148 cm³/mol. The number of nitrogens with zero attached hydrogens (tertiary/aromatic N) is 2. The summed E-state index contributed by atoms with van der Waals surface area (Å²) in [6, 6.07) is 18.4. The van der Waals surface area contributed by atoms with Crippen LogP contribution in [-0.4, -0.2) is 27.2 Å². The van der Waals surface area contributed by atoms with Gasteiger partial charge in [0.1, 0.15) is 18.0 Å². The van der Waals surface area contributed by atoms with Crippen LogP contribution in [0, 0.1) is 6.92 Å². The second-order valence-corrected chi connectivity index (χ2v) is 10.9. The highest BCUT2D eigenvalue weighted by atomic mass is 32.2. The number of aromatic nitrogens is 2. The summed E-state index contributed by atoms with van der Waals surface area (Å²) in [7, 11) is 0. The van der Waals surface area contributed by atoms with Crippen molar-refractivity contribution < 1.29 is 32.5 Å². The van der Waals surface area contributed by atoms with Crippen LogP contribution < -0.4 is 9.47 Å². The summed E-state index contributed by atoms with van der Waals surface area (Å²) < 4.78 is 50.9. The molecule has 0 saturated carbocycles. The molecule has 1 heterocycles. The summed E-state index contributed by atoms with van der Waals surface area (Å²) in [5.74, 6) is -0.653. The molecule has 0 aliphatic carbocycles. The lowest BCUT2D eigenvalue weighted by molar-refractivity contribution is -0.274. The van der Waals surface area contributed by atoms with Crippen molar-refractivity contribution in [3.8, 4) is 17.2 Å². The maximum Gasteiger partial charge on any atom is 0.573 e. The first-order chi connectivity index (χ1) is 18.9. The number of aromatic carboxylic acids is 1. The van der Waals surface area contributed by atoms with Crippen LogP contribution in [0.1, 0.15) is 64.7 Å². The van der Waals surface area contributed by atoms with Gasteiger partial charge < -0.3 is 14.6 Å². The number of ether oxygens (including phenoxy) is 2. The van der Waals surface area contributed by atoms with Crippen molar-refractivity contribution >= 4 is 17.7 Å². The SMILES string of the molecule is Cc1cc(OCc2c(C(C)C)cnn2-c2ccccc2OC(F)(F)F)ccc1C(C)Sc1cccc(C(=O)O)c1. The fraction of sp³-hybridized carbons (Fsp3) is 0.267. The first-order valence-electron chi connectivity index (χ1n) is 12.6. The molecule has 0 spiro atoms. The monoisotopic (exact) mass is 570 g/mol. The van der Waals surface area contributed by atoms with Crippen LogP contribution in [0.25, 0.3) is 5.69 Å². The van der Waals surface area contributed by atoms with E-state index in [1.165, 1.54) is 22.9 Å². The third-order valence-corrected chi connectivity index (χ3v) is 7.42. The zero-order valence-electron chi connectivity index (χ0n) is 22.4. The van der Waals surface area contributed by atoms with Crippen LogP contribution in [0.4, 0.5) is 13.2 Å². The maximum atomic E-state index is 13.0. The van der Waals surface area contributed by atoms with Gasteiger partial charge >= 0.3 is 12.3 Å². The fourth-order valence-electron chi connectivity index (χ4n) is 4.38. The van der Waals surface area contributed by atoms with Gasteiger partial charge in [0, 0.05) is 10.1 Å². The smallest absolute Gasteiger partial charge is 0.487 e. The quantitative estimate of drug-likeness (QED) is 0.193. The van der Waals surface area contributed by atoms with Gasteiger partial charge in [-0.2, -0.15) is 5.10 Å². The maximum absolute atomic E-state index is 13.0. The molecule has 0 aliphatic heterocycles. The van der Waals surface area contributed by atoms with Crippen molar-refractivity contribution in [3.63, 3.8) is 0 Å². The third kappa shape index (κ3) is 6.98. The Bertz CT molecular complexity index is 1500. The second kappa shape index (κ2) is 12.1. The number of para-hydroxylation sites is 2. The van der Waals surface area contributed by atoms with Crippen LogP contribution in [0.3, 0.4) is 0 Å². The Morgan fingerprint density at radius 1 is 1.02 bits per heavy atom. The molecule has 0 saturated heterocycles. The molecule has 10 heteroatoms. The lowest BCUT2D eigenvalue weighted by Gasteiger charge is -2.18. The standard InChI is InChI=1S/C30H29F3N2O4S/c1-18(2)25-16-34-35(26-10-5-6-11-28(26)39-30(31,32)33)27(25)17-38-22-12-13-24(19(3)14-22)20(4)40-23-9-7-8-21(15-23)29(36)37/h5-16,18,20H,17H2,1-4H3,(H,36,37). The van der Waals surface area contributed by atoms with Gasteiger partial charge in [-0.1, -0.05) is 38.1 Å². The molecule has 0 fully saturated rings. The number of benzene rings is 3. The van der Waals surface area contributed by atoms with E-state index in [4.69, 9.17) is 4.74 Å². The molecule has 1 aromatic heterocycles. The minimum Gasteiger partial charge on any atom is -0.487 e. The number of hydrogen-bond acceptors (Lipinski definition) is 5. The summed E-state index contributed by atoms with van der Waals surface area (Å²) in [5.41, 5.74) is 3.94. The lowest BCUT2D eigenvalue weighted by Crippen LogP contribution is -2.19. The van der Waals surface area contributed by atoms with E-state index in [9.17, 15) is 23.1 Å². The molecule has 6 nitrogen and oxygen atoms in total. The highest BCUT2D eigenvalue weighted by molar-refractivity contribution is 7.99. The van der Waals surface area contributed by atoms with Crippen molar-refractivity contribution in [2.45, 2.75) is 56.7 Å². The summed E-state index contributed by atoms with van der Waals surface area (Å²) in [5, 5.41) is 13.7. The average molecular weight is 571 g/mol. The minimum atomic E-state index is -4.84. The van der Waals surface area contributed by atoms with Crippen molar-refractivity contribution in [1.82, 2.24) is 9.78 Å². The number of aryl methyl sites for hydroxylation is 1. The molecule has 0 radical (unpaired) electrons. The zero-order valence-corrected chi connectivity index (χ0v) is 23.2. The van der Waals surface area contributed by atoms with Crippen LogP contribution >= 0.6 is 11.8 Å². The second-order valence-electron chi connectivity index (χ2n) is 9.53. The lowest BCUT2D eigenvalue weighted by atomic mass is 10.0. The Hall–Kier alpha value is -3.92. The normalized spacial score (nSPS) is 12.4. The average Bonchev–Trinajstić information content (AvgIpc) is 3.31. The Morgan fingerprint density at radius 2 is 1.77 bits per heavy atom. The van der Waals surface area contributed by atoms with Crippen molar-refractivity contribution in [2.24, 2.45) is 0 Å². The van der Waals surface area contributed by atoms with Gasteiger partial charge in [0.25, 0.3) is 0 Å². The van der Waals surface area contributed by atoms with E-state index in [0.29, 0.717) is 11.4 Å². The summed E-state index contributed by atoms with van der Waals surface area (Å²) in [6.45, 7) is 8.07. The van der Waals surface area contributed by atoms with Gasteiger partial charge in [0.15, 0.2) is 5.75 Å². The number of hydrogen-bond donors (Lipinski definition) is 1. The molecule has 3 aromatic carbocycles. The number of rotatable bonds is 10. The first-order valence-corrected chi connectivity index (χ1v) is 13.5. The molecule has 210 valence electrons. The van der Waals surface area contributed by atoms with Gasteiger partial charge in [-0.3, -0.25) is 0 Å². The Labute approximate surface area is 234 Å². The molecule has 1 atom stereocenters. The Morgan fingerprint density at radius 3 is 2.45 bits per heavy atom. The van der Waals surface area contributed by atoms with E-state index >= 15 is 0 Å². The van der Waals surface area contributed by atoms with Gasteiger partial charge in [0.2, 0.25) is 0 Å². The molecule has 40 heavy (non-hydrogen) atoms. The fourth-order valence-corrected chi connectivity index (χ4v) is 5.53. The summed E-state index contributed by atoms with van der Waals surface area (Å²) in [4.78, 5) is 12.2. The third-order valence-electron chi connectivity index (χ3n) is 6.29. The number of thioether (sulfide) groups is 1. The highest BCUT2D eigenvalue weighted by Crippen LogP contribution is 2.38. The molecule has 4 rings (SSSR count). The van der Waals surface area contributed by atoms with Crippen LogP contribution in [0.5, 0.6) is 11.5 Å². The van der Waals surface area contributed by atoms with Gasteiger partial charge in [-0.15, -0.1) is 24.9 Å². The van der Waals surface area contributed by atoms with E-state index in [0.717, 1.165) is 21.6 Å². The summed E-state index contributed by atoms with van der Waals surface area (Å²) >= 11 is 1.56. The molecule has 1 unspecified atom stereocenters. The van der Waals surface area contributed by atoms with Crippen LogP contribution in [0.2, 0.25) is 0 Å². The molecule has 4 aromatic rings. The van der Waals surface area contributed by atoms with E-state index in [2.05, 4.69) is 16.8 Å². The van der Waals surface area contributed by atoms with E-state index in [1.807, 2.05) is 45.0 Å². The van der Waals surface area contributed by atoms with Gasteiger partial charge in [0.05, 0.1) is 17.5 Å². The zero-order chi connectivity index (χ0) is 29.0. The number of alkyl halides is 3. The molecular formula is C30H29F3N2O4S. The Balaban J connectivity index is 1.55. The molecular weight excluding hydrogens is 541 g/mol. The first kappa shape index (κ1) is 29.1. The largest absolute Gasteiger partial charge is 0.573 e. The van der Waals surface area contributed by atoms with E-state index in [1.54, 1.807) is 42.2 Å². The number of halogens is 3. The molecule has 0 aliphatic rings. The number of carboxylic acid groups (broad SMARTS) is 1. The van der Waals surface area contributed by atoms with E-state index < -0.39 is 12.3 Å². The topological polar surface area (TPSA) is 73.6 Å². The molecule has 1 N–H and O–H groups in total. The minimum absolute atomic E-state index is 0.0530. The van der Waals surface area contributed by atoms with Crippen molar-refractivity contribution in [1.29, 1.82) is 0 Å². The van der Waals surface area contributed by atoms with E-state index in [-0.39, 0.29) is 34.8 Å². The van der Waals surface area contributed by atoms with Crippen LogP contribution in [-0.2, 0) is 6.61 Å². The number of carbonyl (C=O) groups is 1.